The number of nitrogens with zero attached hydrogens (tertiary/aromatic N) is 2. The third-order valence-electron chi connectivity index (χ3n) is 6.48. The average Bonchev–Trinajstić information content (AvgIpc) is 2.96. The Morgan fingerprint density at radius 1 is 1.14 bits per heavy atom. The van der Waals surface area contributed by atoms with Crippen molar-refractivity contribution in [2.24, 2.45) is 5.92 Å². The van der Waals surface area contributed by atoms with Crippen LogP contribution in [-0.2, 0) is 25.8 Å². The van der Waals surface area contributed by atoms with Crippen LogP contribution in [0.4, 0.5) is 4.79 Å². The zero-order valence-electron chi connectivity index (χ0n) is 22.9. The smallest absolute Gasteiger partial charge is 0.410 e. The summed E-state index contributed by atoms with van der Waals surface area (Å²) in [5.74, 6) is 0.387. The van der Waals surface area contributed by atoms with Crippen molar-refractivity contribution in [3.63, 3.8) is 0 Å². The molecule has 0 bridgehead atoms. The molecule has 1 N–H and O–H groups in total. The molecule has 1 aromatic carbocycles. The van der Waals surface area contributed by atoms with E-state index >= 15 is 0 Å². The van der Waals surface area contributed by atoms with Gasteiger partial charge in [-0.15, -0.1) is 0 Å². The number of nitrogens with one attached hydrogen (secondary N) is 1. The van der Waals surface area contributed by atoms with E-state index in [0.717, 1.165) is 44.2 Å². The van der Waals surface area contributed by atoms with Crippen molar-refractivity contribution < 1.29 is 22.7 Å². The molecule has 1 fully saturated rings. The van der Waals surface area contributed by atoms with Gasteiger partial charge in [-0.1, -0.05) is 26.0 Å². The van der Waals surface area contributed by atoms with Crippen LogP contribution >= 0.6 is 0 Å². The van der Waals surface area contributed by atoms with Gasteiger partial charge in [0.05, 0.1) is 4.90 Å². The predicted molar refractivity (Wildman–Crippen MR) is 143 cm³/mol. The van der Waals surface area contributed by atoms with E-state index in [1.54, 1.807) is 12.1 Å². The largest absolute Gasteiger partial charge is 0.444 e. The molecule has 0 saturated carbocycles. The van der Waals surface area contributed by atoms with Crippen molar-refractivity contribution >= 4 is 21.8 Å². The van der Waals surface area contributed by atoms with Crippen LogP contribution < -0.4 is 5.32 Å². The van der Waals surface area contributed by atoms with Crippen LogP contribution in [-0.4, -0.2) is 80.8 Å². The van der Waals surface area contributed by atoms with Crippen LogP contribution in [0.5, 0.6) is 0 Å². The molecule has 0 radical (unpaired) electrons. The zero-order valence-corrected chi connectivity index (χ0v) is 23.7. The number of amides is 2. The SMILES string of the molecule is CCC(NCCCCN1CCCN(C(=O)OC(C)(C)C)CC1=O)[C@@H](C)Cc1ccc(S(C)(=O)=O)cc1. The number of hydrogen-bond acceptors (Lipinski definition) is 6. The Kier molecular flexibility index (Phi) is 11.2. The van der Waals surface area contributed by atoms with E-state index < -0.39 is 21.5 Å². The van der Waals surface area contributed by atoms with Gasteiger partial charge >= 0.3 is 6.09 Å². The van der Waals surface area contributed by atoms with Gasteiger partial charge < -0.3 is 15.0 Å². The third-order valence-corrected chi connectivity index (χ3v) is 7.61. The number of benzene rings is 1. The van der Waals surface area contributed by atoms with Gasteiger partial charge in [0, 0.05) is 31.9 Å². The summed E-state index contributed by atoms with van der Waals surface area (Å²) in [4.78, 5) is 28.7. The quantitative estimate of drug-likeness (QED) is 0.442. The number of ether oxygens (including phenoxy) is 1. The van der Waals surface area contributed by atoms with Crippen LogP contribution in [0.2, 0.25) is 0 Å². The minimum atomic E-state index is -3.17. The predicted octanol–water partition coefficient (Wildman–Crippen LogP) is 3.89. The Morgan fingerprint density at radius 3 is 2.39 bits per heavy atom. The van der Waals surface area contributed by atoms with Gasteiger partial charge in [-0.2, -0.15) is 0 Å². The summed E-state index contributed by atoms with van der Waals surface area (Å²) in [6.45, 7) is 12.7. The summed E-state index contributed by atoms with van der Waals surface area (Å²) in [5, 5.41) is 3.66. The fraction of sp³-hybridized carbons (Fsp3) is 0.704. The summed E-state index contributed by atoms with van der Waals surface area (Å²) >= 11 is 0. The number of sulfone groups is 1. The number of carbonyl (C=O) groups is 2. The first-order valence-corrected chi connectivity index (χ1v) is 15.0. The monoisotopic (exact) mass is 523 g/mol. The Hall–Kier alpha value is -2.13. The summed E-state index contributed by atoms with van der Waals surface area (Å²) < 4.78 is 28.7. The molecule has 1 aromatic rings. The zero-order chi connectivity index (χ0) is 26.9. The molecule has 2 amide bonds. The molecule has 1 aliphatic rings. The van der Waals surface area contributed by atoms with E-state index in [1.165, 1.54) is 11.2 Å². The third kappa shape index (κ3) is 10.1. The fourth-order valence-corrected chi connectivity index (χ4v) is 5.12. The highest BCUT2D eigenvalue weighted by Gasteiger charge is 2.28. The highest BCUT2D eigenvalue weighted by atomic mass is 32.2. The molecule has 2 atom stereocenters. The Balaban J connectivity index is 1.73. The second-order valence-electron chi connectivity index (χ2n) is 10.9. The highest BCUT2D eigenvalue weighted by molar-refractivity contribution is 7.90. The summed E-state index contributed by atoms with van der Waals surface area (Å²) in [5.41, 5.74) is 0.561. The fourth-order valence-electron chi connectivity index (χ4n) is 4.49. The lowest BCUT2D eigenvalue weighted by molar-refractivity contribution is -0.131. The lowest BCUT2D eigenvalue weighted by Gasteiger charge is -2.26. The molecule has 0 aliphatic carbocycles. The molecule has 9 heteroatoms. The Bertz CT molecular complexity index is 957. The lowest BCUT2D eigenvalue weighted by Crippen LogP contribution is -2.42. The Morgan fingerprint density at radius 2 is 1.81 bits per heavy atom. The second kappa shape index (κ2) is 13.4. The van der Waals surface area contributed by atoms with Crippen molar-refractivity contribution in [2.45, 2.75) is 83.3 Å². The lowest BCUT2D eigenvalue weighted by atomic mass is 9.92. The molecular formula is C27H45N3O5S. The first-order chi connectivity index (χ1) is 16.8. The molecule has 1 saturated heterocycles. The van der Waals surface area contributed by atoms with Crippen molar-refractivity contribution in [3.05, 3.63) is 29.8 Å². The van der Waals surface area contributed by atoms with Crippen molar-refractivity contribution in [2.75, 3.05) is 39.0 Å². The minimum Gasteiger partial charge on any atom is -0.444 e. The number of rotatable bonds is 11. The second-order valence-corrected chi connectivity index (χ2v) is 12.9. The Labute approximate surface area is 217 Å². The average molecular weight is 524 g/mol. The van der Waals surface area contributed by atoms with Gasteiger partial charge in [-0.25, -0.2) is 13.2 Å². The van der Waals surface area contributed by atoms with E-state index in [1.807, 2.05) is 37.8 Å². The molecule has 8 nitrogen and oxygen atoms in total. The summed E-state index contributed by atoms with van der Waals surface area (Å²) in [7, 11) is -3.17. The van der Waals surface area contributed by atoms with E-state index in [2.05, 4.69) is 19.2 Å². The normalized spacial score (nSPS) is 17.0. The molecule has 2 rings (SSSR count). The molecular weight excluding hydrogens is 478 g/mol. The van der Waals surface area contributed by atoms with Gasteiger partial charge in [0.1, 0.15) is 12.1 Å². The summed E-state index contributed by atoms with van der Waals surface area (Å²) in [6.07, 6.45) is 5.31. The van der Waals surface area contributed by atoms with Gasteiger partial charge in [-0.3, -0.25) is 9.69 Å². The maximum atomic E-state index is 12.7. The molecule has 0 spiro atoms. The van der Waals surface area contributed by atoms with Gasteiger partial charge in [0.15, 0.2) is 9.84 Å². The van der Waals surface area contributed by atoms with Crippen LogP contribution in [0.1, 0.15) is 65.9 Å². The topological polar surface area (TPSA) is 96.0 Å². The first-order valence-electron chi connectivity index (χ1n) is 13.1. The van der Waals surface area contributed by atoms with Gasteiger partial charge in [0.25, 0.3) is 0 Å². The van der Waals surface area contributed by atoms with Crippen LogP contribution in [0.25, 0.3) is 0 Å². The van der Waals surface area contributed by atoms with Gasteiger partial charge in [0.2, 0.25) is 5.91 Å². The van der Waals surface area contributed by atoms with Crippen LogP contribution in [0, 0.1) is 5.92 Å². The van der Waals surface area contributed by atoms with Gasteiger partial charge in [-0.05, 0) is 83.0 Å². The molecule has 0 aromatic heterocycles. The van der Waals surface area contributed by atoms with E-state index in [-0.39, 0.29) is 12.5 Å². The maximum Gasteiger partial charge on any atom is 0.410 e. The molecule has 1 aliphatic heterocycles. The molecule has 204 valence electrons. The highest BCUT2D eigenvalue weighted by Crippen LogP contribution is 2.18. The summed E-state index contributed by atoms with van der Waals surface area (Å²) in [6, 6.07) is 7.54. The molecule has 36 heavy (non-hydrogen) atoms. The number of carbonyl (C=O) groups excluding carboxylic acids is 2. The van der Waals surface area contributed by atoms with Crippen molar-refractivity contribution in [1.82, 2.24) is 15.1 Å². The number of hydrogen-bond donors (Lipinski definition) is 1. The number of unbranched alkanes of at least 4 members (excludes halogenated alkanes) is 1. The molecule has 1 heterocycles. The van der Waals surface area contributed by atoms with Crippen LogP contribution in [0.3, 0.4) is 0 Å². The van der Waals surface area contributed by atoms with E-state index in [4.69, 9.17) is 4.74 Å². The van der Waals surface area contributed by atoms with Crippen LogP contribution in [0.15, 0.2) is 29.2 Å². The standard InChI is InChI=1S/C27H45N3O5S/c1-7-24(21(2)19-22-11-13-23(14-12-22)36(6,33)34)28-15-8-9-16-29-17-10-18-30(20-25(29)31)26(32)35-27(3,4)5/h11-14,21,24,28H,7-10,15-20H2,1-6H3/t21-,24?/m0/s1. The van der Waals surface area contributed by atoms with E-state index in [9.17, 15) is 18.0 Å². The van der Waals surface area contributed by atoms with Crippen molar-refractivity contribution in [1.29, 1.82) is 0 Å². The minimum absolute atomic E-state index is 0.0201. The van der Waals surface area contributed by atoms with E-state index in [0.29, 0.717) is 36.5 Å². The molecule has 1 unspecified atom stereocenters. The van der Waals surface area contributed by atoms with Crippen molar-refractivity contribution in [3.8, 4) is 0 Å². The first kappa shape index (κ1) is 30.1. The maximum absolute atomic E-state index is 12.7.